The predicted molar refractivity (Wildman–Crippen MR) is 88.1 cm³/mol. The molecule has 3 aromatic heterocycles. The standard InChI is InChI=1S/C16H13N3S2/c1-2-6-14-12(4-1)7-8-19(14)11-16-18-17-15(21-16)10-13-5-3-9-20-13/h1-9H,10-11H2. The van der Waals surface area contributed by atoms with E-state index in [-0.39, 0.29) is 0 Å². The van der Waals surface area contributed by atoms with Gasteiger partial charge in [-0.25, -0.2) is 0 Å². The highest BCUT2D eigenvalue weighted by molar-refractivity contribution is 7.12. The lowest BCUT2D eigenvalue weighted by Gasteiger charge is -2.01. The largest absolute Gasteiger partial charge is 0.341 e. The summed E-state index contributed by atoms with van der Waals surface area (Å²) in [6.45, 7) is 0.787. The fourth-order valence-corrected chi connectivity index (χ4v) is 4.08. The van der Waals surface area contributed by atoms with E-state index < -0.39 is 0 Å². The third kappa shape index (κ3) is 2.62. The van der Waals surface area contributed by atoms with Crippen LogP contribution in [-0.4, -0.2) is 14.8 Å². The first-order valence-electron chi connectivity index (χ1n) is 6.76. The molecule has 5 heteroatoms. The van der Waals surface area contributed by atoms with Crippen molar-refractivity contribution in [3.05, 3.63) is 68.9 Å². The summed E-state index contributed by atoms with van der Waals surface area (Å²) in [4.78, 5) is 1.34. The number of hydrogen-bond acceptors (Lipinski definition) is 4. The van der Waals surface area contributed by atoms with Crippen LogP contribution in [0.2, 0.25) is 0 Å². The van der Waals surface area contributed by atoms with E-state index in [1.165, 1.54) is 15.8 Å². The van der Waals surface area contributed by atoms with Crippen molar-refractivity contribution in [1.82, 2.24) is 14.8 Å². The van der Waals surface area contributed by atoms with Crippen molar-refractivity contribution >= 4 is 33.6 Å². The van der Waals surface area contributed by atoms with Crippen molar-refractivity contribution in [1.29, 1.82) is 0 Å². The number of rotatable bonds is 4. The van der Waals surface area contributed by atoms with Crippen LogP contribution in [0.5, 0.6) is 0 Å². The number of hydrogen-bond donors (Lipinski definition) is 0. The highest BCUT2D eigenvalue weighted by atomic mass is 32.1. The van der Waals surface area contributed by atoms with E-state index in [1.54, 1.807) is 22.7 Å². The normalized spacial score (nSPS) is 11.2. The number of nitrogens with zero attached hydrogens (tertiary/aromatic N) is 3. The minimum absolute atomic E-state index is 0.787. The molecule has 0 saturated heterocycles. The average molecular weight is 311 g/mol. The Morgan fingerprint density at radius 3 is 2.76 bits per heavy atom. The number of benzene rings is 1. The van der Waals surface area contributed by atoms with Crippen LogP contribution in [0.3, 0.4) is 0 Å². The van der Waals surface area contributed by atoms with Crippen molar-refractivity contribution in [2.45, 2.75) is 13.0 Å². The van der Waals surface area contributed by atoms with Crippen LogP contribution >= 0.6 is 22.7 Å². The number of para-hydroxylation sites is 1. The molecule has 0 radical (unpaired) electrons. The molecule has 0 fully saturated rings. The molecule has 0 atom stereocenters. The molecule has 0 bridgehead atoms. The van der Waals surface area contributed by atoms with Gasteiger partial charge in [-0.1, -0.05) is 35.6 Å². The van der Waals surface area contributed by atoms with Gasteiger partial charge in [0.1, 0.15) is 10.0 Å². The molecule has 0 spiro atoms. The van der Waals surface area contributed by atoms with Crippen LogP contribution in [0.25, 0.3) is 10.9 Å². The van der Waals surface area contributed by atoms with Gasteiger partial charge in [-0.15, -0.1) is 21.5 Å². The maximum absolute atomic E-state index is 4.33. The number of fused-ring (bicyclic) bond motifs is 1. The molecule has 4 aromatic rings. The van der Waals surface area contributed by atoms with E-state index in [4.69, 9.17) is 0 Å². The van der Waals surface area contributed by atoms with Gasteiger partial charge in [-0.2, -0.15) is 0 Å². The van der Waals surface area contributed by atoms with E-state index in [0.29, 0.717) is 0 Å². The summed E-state index contributed by atoms with van der Waals surface area (Å²) in [5.41, 5.74) is 1.24. The van der Waals surface area contributed by atoms with Crippen LogP contribution < -0.4 is 0 Å². The summed E-state index contributed by atoms with van der Waals surface area (Å²) in [7, 11) is 0. The van der Waals surface area contributed by atoms with E-state index in [1.807, 2.05) is 0 Å². The molecule has 0 N–H and O–H groups in total. The molecule has 0 amide bonds. The predicted octanol–water partition coefficient (Wildman–Crippen LogP) is 4.19. The van der Waals surface area contributed by atoms with E-state index in [0.717, 1.165) is 23.0 Å². The lowest BCUT2D eigenvalue weighted by molar-refractivity contribution is 0.807. The summed E-state index contributed by atoms with van der Waals surface area (Å²) in [5, 5.41) is 14.2. The zero-order valence-corrected chi connectivity index (χ0v) is 12.9. The summed E-state index contributed by atoms with van der Waals surface area (Å²) < 4.78 is 2.23. The average Bonchev–Trinajstić information content (AvgIpc) is 3.23. The van der Waals surface area contributed by atoms with Crippen molar-refractivity contribution in [2.75, 3.05) is 0 Å². The first kappa shape index (κ1) is 12.7. The molecular weight excluding hydrogens is 298 g/mol. The molecule has 4 rings (SSSR count). The summed E-state index contributed by atoms with van der Waals surface area (Å²) >= 11 is 3.47. The highest BCUT2D eigenvalue weighted by Crippen LogP contribution is 2.21. The summed E-state index contributed by atoms with van der Waals surface area (Å²) in [6, 6.07) is 14.8. The Kier molecular flexibility index (Phi) is 3.29. The maximum atomic E-state index is 4.33. The molecular formula is C16H13N3S2. The molecule has 0 aliphatic rings. The van der Waals surface area contributed by atoms with Gasteiger partial charge < -0.3 is 4.57 Å². The Morgan fingerprint density at radius 1 is 0.952 bits per heavy atom. The molecule has 0 aliphatic carbocycles. The molecule has 1 aromatic carbocycles. The number of thiophene rings is 1. The van der Waals surface area contributed by atoms with Crippen LogP contribution in [0.15, 0.2) is 54.0 Å². The van der Waals surface area contributed by atoms with Crippen LogP contribution in [-0.2, 0) is 13.0 Å². The molecule has 3 heterocycles. The van der Waals surface area contributed by atoms with Gasteiger partial charge in [0.25, 0.3) is 0 Å². The second-order valence-electron chi connectivity index (χ2n) is 4.85. The van der Waals surface area contributed by atoms with Crippen LogP contribution in [0.4, 0.5) is 0 Å². The Hall–Kier alpha value is -1.98. The summed E-state index contributed by atoms with van der Waals surface area (Å²) in [6.07, 6.45) is 3.01. The minimum Gasteiger partial charge on any atom is -0.341 e. The fourth-order valence-electron chi connectivity index (χ4n) is 2.41. The fraction of sp³-hybridized carbons (Fsp3) is 0.125. The maximum Gasteiger partial charge on any atom is 0.137 e. The Bertz CT molecular complexity index is 859. The third-order valence-corrected chi connectivity index (χ3v) is 5.18. The number of aromatic nitrogens is 3. The van der Waals surface area contributed by atoms with Gasteiger partial charge in [-0.05, 0) is 29.0 Å². The molecule has 0 unspecified atom stereocenters. The summed E-state index contributed by atoms with van der Waals surface area (Å²) in [5.74, 6) is 0. The quantitative estimate of drug-likeness (QED) is 0.566. The highest BCUT2D eigenvalue weighted by Gasteiger charge is 2.08. The Morgan fingerprint density at radius 2 is 1.86 bits per heavy atom. The van der Waals surface area contributed by atoms with E-state index in [9.17, 15) is 0 Å². The topological polar surface area (TPSA) is 30.7 Å². The van der Waals surface area contributed by atoms with Gasteiger partial charge in [0.15, 0.2) is 0 Å². The first-order chi connectivity index (χ1) is 10.4. The lowest BCUT2D eigenvalue weighted by atomic mass is 10.2. The van der Waals surface area contributed by atoms with Gasteiger partial charge in [0, 0.05) is 23.0 Å². The second-order valence-corrected chi connectivity index (χ2v) is 7.03. The smallest absolute Gasteiger partial charge is 0.137 e. The van der Waals surface area contributed by atoms with Crippen LogP contribution in [0.1, 0.15) is 14.9 Å². The third-order valence-electron chi connectivity index (χ3n) is 3.40. The SMILES string of the molecule is c1csc(Cc2nnc(Cn3ccc4ccccc43)s2)c1. The van der Waals surface area contributed by atoms with Crippen molar-refractivity contribution in [3.8, 4) is 0 Å². The van der Waals surface area contributed by atoms with E-state index in [2.05, 4.69) is 68.8 Å². The minimum atomic E-state index is 0.787. The second kappa shape index (κ2) is 5.42. The van der Waals surface area contributed by atoms with Crippen molar-refractivity contribution < 1.29 is 0 Å². The Balaban J connectivity index is 1.56. The molecule has 21 heavy (non-hydrogen) atoms. The molecule has 104 valence electrons. The zero-order valence-electron chi connectivity index (χ0n) is 11.3. The van der Waals surface area contributed by atoms with Gasteiger partial charge in [-0.3, -0.25) is 0 Å². The lowest BCUT2D eigenvalue weighted by Crippen LogP contribution is -1.96. The van der Waals surface area contributed by atoms with Gasteiger partial charge in [0.2, 0.25) is 0 Å². The monoisotopic (exact) mass is 311 g/mol. The first-order valence-corrected chi connectivity index (χ1v) is 8.45. The van der Waals surface area contributed by atoms with Gasteiger partial charge >= 0.3 is 0 Å². The van der Waals surface area contributed by atoms with Gasteiger partial charge in [0.05, 0.1) is 6.54 Å². The van der Waals surface area contributed by atoms with Crippen LogP contribution in [0, 0.1) is 0 Å². The zero-order chi connectivity index (χ0) is 14.1. The molecule has 0 aliphatic heterocycles. The van der Waals surface area contributed by atoms with Crippen molar-refractivity contribution in [3.63, 3.8) is 0 Å². The van der Waals surface area contributed by atoms with E-state index >= 15 is 0 Å². The molecule has 0 saturated carbocycles. The molecule has 3 nitrogen and oxygen atoms in total. The Labute approximate surface area is 130 Å². The van der Waals surface area contributed by atoms with Crippen molar-refractivity contribution in [2.24, 2.45) is 0 Å².